The molecule has 0 fully saturated rings. The number of aromatic nitrogens is 1. The Morgan fingerprint density at radius 2 is 1.40 bits per heavy atom. The minimum absolute atomic E-state index is 0.468. The Morgan fingerprint density at radius 3 is 2.12 bits per heavy atom. The Kier molecular flexibility index (Phi) is 10.5. The Morgan fingerprint density at radius 1 is 0.750 bits per heavy atom. The van der Waals surface area contributed by atoms with Crippen molar-refractivity contribution in [2.45, 2.75) is 33.6 Å². The third-order valence-corrected chi connectivity index (χ3v) is 10.0. The van der Waals surface area contributed by atoms with Gasteiger partial charge in [-0.05, 0) is 91.3 Å². The minimum atomic E-state index is 0.468. The van der Waals surface area contributed by atoms with Crippen LogP contribution in [0.1, 0.15) is 50.3 Å². The normalized spacial score (nSPS) is 17.6. The maximum atomic E-state index is 4.62. The first-order valence-corrected chi connectivity index (χ1v) is 18.4. The third kappa shape index (κ3) is 7.38. The number of hydrogen-bond acceptors (Lipinski definition) is 1. The molecule has 0 aliphatic heterocycles. The summed E-state index contributed by atoms with van der Waals surface area (Å²) in [5.41, 5.74) is 13.4. The molecule has 2 nitrogen and oxygen atoms in total. The van der Waals surface area contributed by atoms with Crippen molar-refractivity contribution in [1.29, 1.82) is 0 Å². The van der Waals surface area contributed by atoms with E-state index in [1.807, 2.05) is 55.5 Å². The lowest BCUT2D eigenvalue weighted by molar-refractivity contribution is 0.578. The van der Waals surface area contributed by atoms with Crippen molar-refractivity contribution in [3.05, 3.63) is 210 Å². The summed E-state index contributed by atoms with van der Waals surface area (Å²) >= 11 is 0. The molecule has 2 aliphatic carbocycles. The van der Waals surface area contributed by atoms with Crippen LogP contribution in [-0.2, 0) is 0 Å². The number of fused-ring (bicyclic) bond motifs is 3. The van der Waals surface area contributed by atoms with Crippen LogP contribution in [0.2, 0.25) is 0 Å². The molecule has 1 heterocycles. The van der Waals surface area contributed by atoms with Gasteiger partial charge in [0, 0.05) is 33.6 Å². The number of benzene rings is 5. The first-order chi connectivity index (χ1) is 25.5. The molecule has 5 aromatic carbocycles. The van der Waals surface area contributed by atoms with Crippen LogP contribution in [0.5, 0.6) is 0 Å². The predicted octanol–water partition coefficient (Wildman–Crippen LogP) is 13.4. The SMILES string of the molecule is C=CC(=N/C(C)=C\c1ccccc1)c1ccccc1.CC1=CCCC=C1C1C=CC(c2cccc3c2c2ccccc2n3-c2ccccc2)=CC1C. The third-order valence-electron chi connectivity index (χ3n) is 10.0. The van der Waals surface area contributed by atoms with Gasteiger partial charge in [-0.15, -0.1) is 0 Å². The molecule has 256 valence electrons. The molecular weight excluding hydrogens is 629 g/mol. The summed E-state index contributed by atoms with van der Waals surface area (Å²) < 4.78 is 2.40. The fourth-order valence-electron chi connectivity index (χ4n) is 7.57. The number of allylic oxidation sites excluding steroid dienone is 10. The molecule has 8 rings (SSSR count). The molecular formula is C50H46N2. The van der Waals surface area contributed by atoms with Crippen molar-refractivity contribution in [1.82, 2.24) is 4.57 Å². The van der Waals surface area contributed by atoms with Crippen LogP contribution < -0.4 is 0 Å². The number of nitrogens with zero attached hydrogens (tertiary/aromatic N) is 2. The molecule has 0 N–H and O–H groups in total. The van der Waals surface area contributed by atoms with E-state index in [2.05, 4.69) is 151 Å². The van der Waals surface area contributed by atoms with Crippen LogP contribution >= 0.6 is 0 Å². The standard InChI is InChI=1S/C32H29N.C18H17N/c1-22-11-6-7-14-26(22)27-20-19-24(21-23(27)2)28-16-10-18-31-32(28)29-15-8-9-17-30(29)33(31)25-12-4-3-5-13-25;1-3-18(17-12-8-5-9-13-17)19-15(2)14-16-10-6-4-7-11-16/h3-5,8-21,23,27H,6-7H2,1-2H3;3-14H,1H2,2H3/b;15-14-,19-18?. The van der Waals surface area contributed by atoms with Gasteiger partial charge in [0.25, 0.3) is 0 Å². The van der Waals surface area contributed by atoms with Crippen LogP contribution in [0.3, 0.4) is 0 Å². The predicted molar refractivity (Wildman–Crippen MR) is 225 cm³/mol. The number of para-hydroxylation sites is 2. The van der Waals surface area contributed by atoms with E-state index in [0.29, 0.717) is 11.8 Å². The van der Waals surface area contributed by atoms with E-state index in [-0.39, 0.29) is 0 Å². The highest BCUT2D eigenvalue weighted by Crippen LogP contribution is 2.41. The van der Waals surface area contributed by atoms with E-state index in [4.69, 9.17) is 0 Å². The molecule has 6 aromatic rings. The van der Waals surface area contributed by atoms with Gasteiger partial charge < -0.3 is 4.57 Å². The van der Waals surface area contributed by atoms with Gasteiger partial charge in [-0.2, -0.15) is 0 Å². The summed E-state index contributed by atoms with van der Waals surface area (Å²) in [6.45, 7) is 10.5. The van der Waals surface area contributed by atoms with Gasteiger partial charge in [-0.25, -0.2) is 0 Å². The van der Waals surface area contributed by atoms with Gasteiger partial charge in [0.05, 0.1) is 16.7 Å². The zero-order chi connectivity index (χ0) is 35.9. The number of aliphatic imine (C=N–C) groups is 1. The van der Waals surface area contributed by atoms with E-state index in [9.17, 15) is 0 Å². The summed E-state index contributed by atoms with van der Waals surface area (Å²) in [6.07, 6.45) is 18.3. The fourth-order valence-corrected chi connectivity index (χ4v) is 7.57. The van der Waals surface area contributed by atoms with E-state index < -0.39 is 0 Å². The molecule has 0 spiro atoms. The van der Waals surface area contributed by atoms with Crippen LogP contribution in [0.15, 0.2) is 198 Å². The molecule has 2 unspecified atom stereocenters. The Labute approximate surface area is 308 Å². The van der Waals surface area contributed by atoms with Gasteiger partial charge in [-0.3, -0.25) is 4.99 Å². The molecule has 0 radical (unpaired) electrons. The lowest BCUT2D eigenvalue weighted by atomic mass is 9.76. The van der Waals surface area contributed by atoms with Crippen LogP contribution in [0.4, 0.5) is 0 Å². The van der Waals surface area contributed by atoms with E-state index in [1.165, 1.54) is 62.6 Å². The highest BCUT2D eigenvalue weighted by atomic mass is 15.0. The van der Waals surface area contributed by atoms with E-state index in [1.54, 1.807) is 6.08 Å². The van der Waals surface area contributed by atoms with Gasteiger partial charge in [-0.1, -0.05) is 159 Å². The van der Waals surface area contributed by atoms with Gasteiger partial charge in [0.15, 0.2) is 0 Å². The summed E-state index contributed by atoms with van der Waals surface area (Å²) in [5, 5.41) is 2.65. The summed E-state index contributed by atoms with van der Waals surface area (Å²) in [6, 6.07) is 46.5. The summed E-state index contributed by atoms with van der Waals surface area (Å²) in [5.74, 6) is 0.936. The molecule has 0 saturated heterocycles. The molecule has 0 saturated carbocycles. The van der Waals surface area contributed by atoms with Crippen LogP contribution in [-0.4, -0.2) is 10.3 Å². The topological polar surface area (TPSA) is 17.3 Å². The molecule has 1 aromatic heterocycles. The monoisotopic (exact) mass is 674 g/mol. The average molecular weight is 675 g/mol. The van der Waals surface area contributed by atoms with Gasteiger partial charge in [0.2, 0.25) is 0 Å². The average Bonchev–Trinajstić information content (AvgIpc) is 3.53. The van der Waals surface area contributed by atoms with Gasteiger partial charge >= 0.3 is 0 Å². The van der Waals surface area contributed by atoms with Crippen molar-refractivity contribution in [3.8, 4) is 5.69 Å². The number of rotatable bonds is 7. The smallest absolute Gasteiger partial charge is 0.0699 e. The quantitative estimate of drug-likeness (QED) is 0.150. The van der Waals surface area contributed by atoms with E-state index in [0.717, 1.165) is 22.5 Å². The zero-order valence-electron chi connectivity index (χ0n) is 30.4. The number of hydrogen-bond donors (Lipinski definition) is 0. The van der Waals surface area contributed by atoms with Crippen molar-refractivity contribution >= 4 is 39.2 Å². The highest BCUT2D eigenvalue weighted by Gasteiger charge is 2.24. The second-order valence-electron chi connectivity index (χ2n) is 13.6. The second kappa shape index (κ2) is 15.9. The van der Waals surface area contributed by atoms with Crippen molar-refractivity contribution in [2.24, 2.45) is 16.8 Å². The second-order valence-corrected chi connectivity index (χ2v) is 13.6. The largest absolute Gasteiger partial charge is 0.309 e. The van der Waals surface area contributed by atoms with Crippen molar-refractivity contribution < 1.29 is 0 Å². The minimum Gasteiger partial charge on any atom is -0.309 e. The highest BCUT2D eigenvalue weighted by molar-refractivity contribution is 6.14. The first kappa shape index (κ1) is 34.5. The molecule has 2 aliphatic rings. The van der Waals surface area contributed by atoms with Crippen LogP contribution in [0, 0.1) is 11.8 Å². The summed E-state index contributed by atoms with van der Waals surface area (Å²) in [7, 11) is 0. The maximum absolute atomic E-state index is 4.62. The lowest BCUT2D eigenvalue weighted by Crippen LogP contribution is -2.15. The fraction of sp³-hybridized carbons (Fsp3) is 0.140. The summed E-state index contributed by atoms with van der Waals surface area (Å²) in [4.78, 5) is 4.62. The van der Waals surface area contributed by atoms with Gasteiger partial charge in [0.1, 0.15) is 0 Å². The molecule has 2 heteroatoms. The zero-order valence-corrected chi connectivity index (χ0v) is 30.4. The Hall–Kier alpha value is -5.99. The molecule has 52 heavy (non-hydrogen) atoms. The van der Waals surface area contributed by atoms with Crippen LogP contribution in [0.25, 0.3) is 39.1 Å². The lowest BCUT2D eigenvalue weighted by Gasteiger charge is -2.28. The Bertz CT molecular complexity index is 2380. The van der Waals surface area contributed by atoms with E-state index >= 15 is 0 Å². The maximum Gasteiger partial charge on any atom is 0.0699 e. The van der Waals surface area contributed by atoms with Crippen molar-refractivity contribution in [2.75, 3.05) is 0 Å². The Balaban J connectivity index is 0.000000189. The van der Waals surface area contributed by atoms with Crippen molar-refractivity contribution in [3.63, 3.8) is 0 Å². The molecule has 0 bridgehead atoms. The molecule has 2 atom stereocenters. The first-order valence-electron chi connectivity index (χ1n) is 18.4. The molecule has 0 amide bonds.